The second kappa shape index (κ2) is 6.44. The molecule has 0 aromatic carbocycles. The summed E-state index contributed by atoms with van der Waals surface area (Å²) in [6.07, 6.45) is 3.28. The van der Waals surface area contributed by atoms with Gasteiger partial charge < -0.3 is 10.7 Å². The number of pyridine rings is 1. The van der Waals surface area contributed by atoms with Crippen molar-refractivity contribution < 1.29 is 4.79 Å². The van der Waals surface area contributed by atoms with E-state index in [1.54, 1.807) is 23.6 Å². The smallest absolute Gasteiger partial charge is 0.255 e. The Labute approximate surface area is 121 Å². The number of carbonyl (C=O) groups excluding carboxylic acids is 1. The molecule has 20 heavy (non-hydrogen) atoms. The highest BCUT2D eigenvalue weighted by atomic mass is 32.1. The molecule has 1 atom stereocenters. The maximum atomic E-state index is 12.1. The van der Waals surface area contributed by atoms with Gasteiger partial charge in [-0.15, -0.1) is 11.3 Å². The maximum Gasteiger partial charge on any atom is 0.255 e. The van der Waals surface area contributed by atoms with E-state index in [-0.39, 0.29) is 11.8 Å². The monoisotopic (exact) mass is 291 g/mol. The highest BCUT2D eigenvalue weighted by molar-refractivity contribution is 7.09. The van der Waals surface area contributed by atoms with E-state index in [9.17, 15) is 4.79 Å². The summed E-state index contributed by atoms with van der Waals surface area (Å²) in [7, 11) is 0. The van der Waals surface area contributed by atoms with E-state index >= 15 is 0 Å². The van der Waals surface area contributed by atoms with Gasteiger partial charge in [0.05, 0.1) is 16.3 Å². The molecule has 0 aliphatic heterocycles. The summed E-state index contributed by atoms with van der Waals surface area (Å²) < 4.78 is 0. The van der Waals surface area contributed by atoms with Gasteiger partial charge in [-0.05, 0) is 13.0 Å². The van der Waals surface area contributed by atoms with Crippen LogP contribution in [0.3, 0.4) is 0 Å². The number of thiazole rings is 1. The Morgan fingerprint density at radius 3 is 2.95 bits per heavy atom. The van der Waals surface area contributed by atoms with Gasteiger partial charge in [-0.3, -0.25) is 15.6 Å². The number of carbonyl (C=O) groups is 1. The van der Waals surface area contributed by atoms with Crippen LogP contribution in [0.2, 0.25) is 0 Å². The van der Waals surface area contributed by atoms with Crippen molar-refractivity contribution in [2.45, 2.75) is 19.8 Å². The predicted molar refractivity (Wildman–Crippen MR) is 79.6 cm³/mol. The zero-order valence-corrected chi connectivity index (χ0v) is 12.2. The van der Waals surface area contributed by atoms with Crippen LogP contribution in [-0.2, 0) is 0 Å². The van der Waals surface area contributed by atoms with Crippen LogP contribution < -0.4 is 16.6 Å². The summed E-state index contributed by atoms with van der Waals surface area (Å²) in [6.45, 7) is 4.38. The minimum atomic E-state index is -0.200. The van der Waals surface area contributed by atoms with Gasteiger partial charge >= 0.3 is 0 Å². The summed E-state index contributed by atoms with van der Waals surface area (Å²) in [5.74, 6) is 5.40. The Morgan fingerprint density at radius 2 is 2.30 bits per heavy atom. The van der Waals surface area contributed by atoms with Gasteiger partial charge in [0.2, 0.25) is 0 Å². The number of hydrogen-bond donors (Lipinski definition) is 3. The largest absolute Gasteiger partial charge is 0.351 e. The second-order valence-electron chi connectivity index (χ2n) is 4.50. The number of aryl methyl sites for hydroxylation is 1. The summed E-state index contributed by atoms with van der Waals surface area (Å²) in [5.41, 5.74) is 4.32. The van der Waals surface area contributed by atoms with E-state index < -0.39 is 0 Å². The lowest BCUT2D eigenvalue weighted by Crippen LogP contribution is -2.29. The number of nitrogen functional groups attached to an aromatic ring is 1. The van der Waals surface area contributed by atoms with Gasteiger partial charge in [-0.1, -0.05) is 6.92 Å². The van der Waals surface area contributed by atoms with Crippen molar-refractivity contribution in [3.63, 3.8) is 0 Å². The molecule has 0 saturated carbocycles. The van der Waals surface area contributed by atoms with Gasteiger partial charge in [0, 0.05) is 35.9 Å². The fraction of sp³-hybridized carbons (Fsp3) is 0.308. The Bertz CT molecular complexity index is 584. The van der Waals surface area contributed by atoms with E-state index in [0.29, 0.717) is 17.8 Å². The Hall–Kier alpha value is -1.99. The molecule has 2 aromatic rings. The first-order valence-electron chi connectivity index (χ1n) is 6.22. The standard InChI is InChI=1S/C13H17N5OS/c1-8(13-15-3-4-20-13)6-17-12(19)10-7-16-9(2)5-11(10)18-14/h3-5,7-8H,6,14H2,1-2H3,(H,16,18)(H,17,19). The molecule has 2 rings (SSSR count). The Kier molecular flexibility index (Phi) is 4.65. The van der Waals surface area contributed by atoms with Crippen LogP contribution in [0.1, 0.15) is 33.9 Å². The van der Waals surface area contributed by atoms with Gasteiger partial charge in [0.15, 0.2) is 0 Å². The number of nitrogens with two attached hydrogens (primary N) is 1. The maximum absolute atomic E-state index is 12.1. The molecule has 0 radical (unpaired) electrons. The molecule has 0 saturated heterocycles. The molecule has 4 N–H and O–H groups in total. The zero-order valence-electron chi connectivity index (χ0n) is 11.4. The number of nitrogens with zero attached hydrogens (tertiary/aromatic N) is 2. The molecule has 0 fully saturated rings. The molecule has 2 aromatic heterocycles. The lowest BCUT2D eigenvalue weighted by molar-refractivity contribution is 0.0952. The van der Waals surface area contributed by atoms with E-state index in [4.69, 9.17) is 5.84 Å². The minimum absolute atomic E-state index is 0.173. The lowest BCUT2D eigenvalue weighted by atomic mass is 10.1. The molecule has 0 aliphatic carbocycles. The van der Waals surface area contributed by atoms with Crippen molar-refractivity contribution in [2.75, 3.05) is 12.0 Å². The molecule has 0 bridgehead atoms. The van der Waals surface area contributed by atoms with Crippen molar-refractivity contribution in [1.82, 2.24) is 15.3 Å². The minimum Gasteiger partial charge on any atom is -0.351 e. The molecular weight excluding hydrogens is 274 g/mol. The molecule has 7 heteroatoms. The predicted octanol–water partition coefficient (Wildman–Crippen LogP) is 1.67. The van der Waals surface area contributed by atoms with Crippen LogP contribution in [0.25, 0.3) is 0 Å². The molecule has 6 nitrogen and oxygen atoms in total. The van der Waals surface area contributed by atoms with Crippen LogP contribution in [0.5, 0.6) is 0 Å². The quantitative estimate of drug-likeness (QED) is 0.575. The number of amides is 1. The summed E-state index contributed by atoms with van der Waals surface area (Å²) in [4.78, 5) is 20.5. The first kappa shape index (κ1) is 14.4. The highest BCUT2D eigenvalue weighted by Gasteiger charge is 2.14. The molecule has 1 amide bonds. The van der Waals surface area contributed by atoms with E-state index in [2.05, 4.69) is 20.7 Å². The second-order valence-corrected chi connectivity index (χ2v) is 5.42. The van der Waals surface area contributed by atoms with Crippen LogP contribution in [0, 0.1) is 6.92 Å². The molecule has 106 valence electrons. The van der Waals surface area contributed by atoms with Crippen molar-refractivity contribution >= 4 is 22.9 Å². The Balaban J connectivity index is 2.02. The normalized spacial score (nSPS) is 11.9. The highest BCUT2D eigenvalue weighted by Crippen LogP contribution is 2.18. The van der Waals surface area contributed by atoms with Gasteiger partial charge in [-0.2, -0.15) is 0 Å². The number of anilines is 1. The first-order valence-corrected chi connectivity index (χ1v) is 7.10. The van der Waals surface area contributed by atoms with Crippen LogP contribution in [0.4, 0.5) is 5.69 Å². The first-order chi connectivity index (χ1) is 9.61. The molecule has 2 heterocycles. The van der Waals surface area contributed by atoms with Crippen molar-refractivity contribution in [3.8, 4) is 0 Å². The average molecular weight is 291 g/mol. The van der Waals surface area contributed by atoms with Gasteiger partial charge in [0.25, 0.3) is 5.91 Å². The van der Waals surface area contributed by atoms with Gasteiger partial charge in [0.1, 0.15) is 0 Å². The summed E-state index contributed by atoms with van der Waals surface area (Å²) >= 11 is 1.58. The topological polar surface area (TPSA) is 92.9 Å². The van der Waals surface area contributed by atoms with Gasteiger partial charge in [-0.25, -0.2) is 4.98 Å². The molecule has 0 spiro atoms. The molecule has 0 aliphatic rings. The third-order valence-corrected chi connectivity index (χ3v) is 3.89. The zero-order chi connectivity index (χ0) is 14.5. The van der Waals surface area contributed by atoms with Crippen molar-refractivity contribution in [1.29, 1.82) is 0 Å². The third kappa shape index (κ3) is 3.31. The van der Waals surface area contributed by atoms with E-state index in [1.807, 2.05) is 19.2 Å². The molecular formula is C13H17N5OS. The number of hydrogen-bond acceptors (Lipinski definition) is 6. The number of hydrazine groups is 1. The van der Waals surface area contributed by atoms with E-state index in [1.165, 1.54) is 6.20 Å². The van der Waals surface area contributed by atoms with Crippen LogP contribution >= 0.6 is 11.3 Å². The number of nitrogens with one attached hydrogen (secondary N) is 2. The summed E-state index contributed by atoms with van der Waals surface area (Å²) in [6, 6.07) is 1.74. The molecule has 1 unspecified atom stereocenters. The lowest BCUT2D eigenvalue weighted by Gasteiger charge is -2.12. The van der Waals surface area contributed by atoms with Crippen molar-refractivity contribution in [2.24, 2.45) is 5.84 Å². The number of aromatic nitrogens is 2. The van der Waals surface area contributed by atoms with E-state index in [0.717, 1.165) is 10.7 Å². The SMILES string of the molecule is Cc1cc(NN)c(C(=O)NCC(C)c2nccs2)cn1. The van der Waals surface area contributed by atoms with Crippen LogP contribution in [-0.4, -0.2) is 22.4 Å². The van der Waals surface area contributed by atoms with Crippen molar-refractivity contribution in [3.05, 3.63) is 40.1 Å². The average Bonchev–Trinajstić information content (AvgIpc) is 2.98. The number of rotatable bonds is 5. The van der Waals surface area contributed by atoms with Crippen LogP contribution in [0.15, 0.2) is 23.8 Å². The Morgan fingerprint density at radius 1 is 1.50 bits per heavy atom. The third-order valence-electron chi connectivity index (χ3n) is 2.88. The summed E-state index contributed by atoms with van der Waals surface area (Å²) in [5, 5.41) is 5.80. The fourth-order valence-electron chi connectivity index (χ4n) is 1.77. The fourth-order valence-corrected chi connectivity index (χ4v) is 2.46.